The van der Waals surface area contributed by atoms with Crippen molar-refractivity contribution in [1.29, 1.82) is 5.26 Å². The number of rotatable bonds is 6. The highest BCUT2D eigenvalue weighted by Gasteiger charge is 2.15. The van der Waals surface area contributed by atoms with Crippen molar-refractivity contribution in [2.24, 2.45) is 0 Å². The summed E-state index contributed by atoms with van der Waals surface area (Å²) in [5.74, 6) is 0.351. The molecule has 1 aromatic carbocycles. The zero-order valence-corrected chi connectivity index (χ0v) is 13.0. The lowest BCUT2D eigenvalue weighted by atomic mass is 10.2. The van der Waals surface area contributed by atoms with E-state index in [0.29, 0.717) is 23.4 Å². The predicted octanol–water partition coefficient (Wildman–Crippen LogP) is 2.68. The van der Waals surface area contributed by atoms with Gasteiger partial charge in [-0.15, -0.1) is 16.9 Å². The molecule has 0 saturated carbocycles. The normalized spacial score (nSPS) is 10.4. The Hall–Kier alpha value is -2.72. The second-order valence-electron chi connectivity index (χ2n) is 4.25. The average molecular weight is 313 g/mol. The molecule has 0 saturated heterocycles. The maximum absolute atomic E-state index is 11.4. The molecule has 6 nitrogen and oxygen atoms in total. The summed E-state index contributed by atoms with van der Waals surface area (Å²) in [4.78, 5) is 12.5. The third-order valence-electron chi connectivity index (χ3n) is 2.93. The first-order valence-corrected chi connectivity index (χ1v) is 7.69. The molecular formula is C15H15N5OS. The highest BCUT2D eigenvalue weighted by molar-refractivity contribution is 7.98. The summed E-state index contributed by atoms with van der Waals surface area (Å²) in [6.07, 6.45) is 7.88. The van der Waals surface area contributed by atoms with Gasteiger partial charge in [0, 0.05) is 17.6 Å². The van der Waals surface area contributed by atoms with Crippen LogP contribution in [0.3, 0.4) is 0 Å². The SMILES string of the molecule is CN/C=C\c1c(C=O)c(Nc2ccc(SC)cc2)nn1C#N. The Morgan fingerprint density at radius 3 is 2.64 bits per heavy atom. The minimum atomic E-state index is 0.335. The highest BCUT2D eigenvalue weighted by Crippen LogP contribution is 2.24. The number of nitrogens with zero attached hydrogens (tertiary/aromatic N) is 3. The van der Waals surface area contributed by atoms with Crippen molar-refractivity contribution in [3.8, 4) is 6.19 Å². The van der Waals surface area contributed by atoms with Gasteiger partial charge >= 0.3 is 0 Å². The minimum absolute atomic E-state index is 0.335. The van der Waals surface area contributed by atoms with Crippen LogP contribution in [0.25, 0.3) is 6.08 Å². The lowest BCUT2D eigenvalue weighted by Crippen LogP contribution is -1.97. The third kappa shape index (κ3) is 3.30. The minimum Gasteiger partial charge on any atom is -0.394 e. The highest BCUT2D eigenvalue weighted by atomic mass is 32.2. The van der Waals surface area contributed by atoms with Crippen LogP contribution in [0.5, 0.6) is 0 Å². The van der Waals surface area contributed by atoms with Crippen LogP contribution in [-0.4, -0.2) is 29.4 Å². The van der Waals surface area contributed by atoms with Gasteiger partial charge < -0.3 is 10.6 Å². The Labute approximate surface area is 132 Å². The van der Waals surface area contributed by atoms with Gasteiger partial charge in [-0.05, 0) is 42.8 Å². The number of hydrogen-bond acceptors (Lipinski definition) is 6. The van der Waals surface area contributed by atoms with E-state index in [0.717, 1.165) is 15.3 Å². The lowest BCUT2D eigenvalue weighted by Gasteiger charge is -2.04. The smallest absolute Gasteiger partial charge is 0.207 e. The molecular weight excluding hydrogens is 298 g/mol. The summed E-state index contributed by atoms with van der Waals surface area (Å²) in [5.41, 5.74) is 1.56. The van der Waals surface area contributed by atoms with E-state index in [2.05, 4.69) is 15.7 Å². The molecule has 2 rings (SSSR count). The summed E-state index contributed by atoms with van der Waals surface area (Å²) in [5, 5.41) is 19.1. The molecule has 0 bridgehead atoms. The molecule has 0 fully saturated rings. The molecule has 2 N–H and O–H groups in total. The molecule has 0 atom stereocenters. The van der Waals surface area contributed by atoms with E-state index in [9.17, 15) is 4.79 Å². The van der Waals surface area contributed by atoms with Crippen molar-refractivity contribution >= 4 is 35.6 Å². The molecule has 0 radical (unpaired) electrons. The third-order valence-corrected chi connectivity index (χ3v) is 3.68. The Balaban J connectivity index is 2.37. The van der Waals surface area contributed by atoms with E-state index in [1.807, 2.05) is 36.7 Å². The fourth-order valence-electron chi connectivity index (χ4n) is 1.86. The van der Waals surface area contributed by atoms with Crippen molar-refractivity contribution < 1.29 is 4.79 Å². The number of aldehydes is 1. The monoisotopic (exact) mass is 313 g/mol. The summed E-state index contributed by atoms with van der Waals surface area (Å²) in [6.45, 7) is 0. The molecule has 0 spiro atoms. The van der Waals surface area contributed by atoms with Crippen LogP contribution in [0.15, 0.2) is 35.4 Å². The quantitative estimate of drug-likeness (QED) is 0.630. The number of carbonyl (C=O) groups excluding carboxylic acids is 1. The summed E-state index contributed by atoms with van der Waals surface area (Å²) in [6, 6.07) is 7.73. The van der Waals surface area contributed by atoms with Crippen molar-refractivity contribution in [2.75, 3.05) is 18.6 Å². The first-order valence-electron chi connectivity index (χ1n) is 6.46. The number of nitriles is 1. The molecule has 1 aromatic heterocycles. The van der Waals surface area contributed by atoms with E-state index >= 15 is 0 Å². The summed E-state index contributed by atoms with van der Waals surface area (Å²) in [7, 11) is 1.73. The molecule has 0 aliphatic heterocycles. The number of nitrogens with one attached hydrogen (secondary N) is 2. The molecule has 1 heterocycles. The maximum atomic E-state index is 11.4. The van der Waals surface area contributed by atoms with Gasteiger partial charge in [0.2, 0.25) is 6.19 Å². The topological polar surface area (TPSA) is 82.7 Å². The Bertz CT molecular complexity index is 728. The fourth-order valence-corrected chi connectivity index (χ4v) is 2.27. The van der Waals surface area contributed by atoms with Crippen LogP contribution in [0.4, 0.5) is 11.5 Å². The van der Waals surface area contributed by atoms with Gasteiger partial charge in [0.25, 0.3) is 0 Å². The largest absolute Gasteiger partial charge is 0.394 e. The van der Waals surface area contributed by atoms with Crippen LogP contribution in [0.1, 0.15) is 16.1 Å². The van der Waals surface area contributed by atoms with Gasteiger partial charge in [0.15, 0.2) is 12.1 Å². The first kappa shape index (κ1) is 15.7. The van der Waals surface area contributed by atoms with E-state index in [1.165, 1.54) is 0 Å². The Kier molecular flexibility index (Phi) is 5.22. The molecule has 0 aliphatic rings. The second-order valence-corrected chi connectivity index (χ2v) is 5.13. The van der Waals surface area contributed by atoms with Crippen LogP contribution < -0.4 is 10.6 Å². The van der Waals surface area contributed by atoms with Crippen LogP contribution in [0.2, 0.25) is 0 Å². The molecule has 112 valence electrons. The van der Waals surface area contributed by atoms with Gasteiger partial charge in [0.1, 0.15) is 0 Å². The van der Waals surface area contributed by atoms with Gasteiger partial charge in [-0.3, -0.25) is 4.79 Å². The second kappa shape index (κ2) is 7.33. The van der Waals surface area contributed by atoms with Crippen LogP contribution in [0, 0.1) is 11.5 Å². The molecule has 0 amide bonds. The van der Waals surface area contributed by atoms with E-state index in [-0.39, 0.29) is 0 Å². The van der Waals surface area contributed by atoms with Crippen molar-refractivity contribution in [3.63, 3.8) is 0 Å². The van der Waals surface area contributed by atoms with Gasteiger partial charge in [-0.1, -0.05) is 0 Å². The molecule has 2 aromatic rings. The predicted molar refractivity (Wildman–Crippen MR) is 88.2 cm³/mol. The average Bonchev–Trinajstić information content (AvgIpc) is 2.90. The zero-order chi connectivity index (χ0) is 15.9. The molecule has 7 heteroatoms. The number of carbonyl (C=O) groups is 1. The summed E-state index contributed by atoms with van der Waals surface area (Å²) < 4.78 is 1.11. The Morgan fingerprint density at radius 1 is 1.36 bits per heavy atom. The van der Waals surface area contributed by atoms with Crippen molar-refractivity contribution in [2.45, 2.75) is 4.90 Å². The van der Waals surface area contributed by atoms with Gasteiger partial charge in [-0.2, -0.15) is 9.94 Å². The number of hydrogen-bond donors (Lipinski definition) is 2. The lowest BCUT2D eigenvalue weighted by molar-refractivity contribution is 0.112. The van der Waals surface area contributed by atoms with Crippen molar-refractivity contribution in [3.05, 3.63) is 41.7 Å². The van der Waals surface area contributed by atoms with Crippen molar-refractivity contribution in [1.82, 2.24) is 15.1 Å². The van der Waals surface area contributed by atoms with Crippen LogP contribution in [-0.2, 0) is 0 Å². The molecule has 0 unspecified atom stereocenters. The maximum Gasteiger partial charge on any atom is 0.207 e. The van der Waals surface area contributed by atoms with E-state index in [4.69, 9.17) is 5.26 Å². The van der Waals surface area contributed by atoms with E-state index < -0.39 is 0 Å². The Morgan fingerprint density at radius 2 is 2.09 bits per heavy atom. The number of aromatic nitrogens is 2. The fraction of sp³-hybridized carbons (Fsp3) is 0.133. The number of anilines is 2. The first-order chi connectivity index (χ1) is 10.7. The summed E-state index contributed by atoms with van der Waals surface area (Å²) >= 11 is 1.65. The van der Waals surface area contributed by atoms with Gasteiger partial charge in [-0.25, -0.2) is 0 Å². The number of thioether (sulfide) groups is 1. The standard InChI is InChI=1S/C15H15N5OS/c1-17-8-7-14-13(9-21)15(19-20(14)10-16)18-11-3-5-12(22-2)6-4-11/h3-9,17H,1-2H3,(H,18,19)/b8-7-. The zero-order valence-electron chi connectivity index (χ0n) is 12.2. The van der Waals surface area contributed by atoms with Gasteiger partial charge in [0.05, 0.1) is 11.3 Å². The molecule has 0 aliphatic carbocycles. The van der Waals surface area contributed by atoms with Crippen LogP contribution >= 0.6 is 11.8 Å². The van der Waals surface area contributed by atoms with E-state index in [1.54, 1.807) is 31.1 Å². The molecule has 22 heavy (non-hydrogen) atoms. The number of benzene rings is 1.